The van der Waals surface area contributed by atoms with Gasteiger partial charge in [0.05, 0.1) is 18.1 Å². The molecule has 1 aromatic rings. The van der Waals surface area contributed by atoms with E-state index in [1.807, 2.05) is 18.2 Å². The van der Waals surface area contributed by atoms with Gasteiger partial charge in [0.1, 0.15) is 5.75 Å². The van der Waals surface area contributed by atoms with Crippen molar-refractivity contribution in [1.29, 1.82) is 0 Å². The quantitative estimate of drug-likeness (QED) is 0.776. The molecule has 0 aliphatic carbocycles. The second-order valence-corrected chi connectivity index (χ2v) is 4.58. The van der Waals surface area contributed by atoms with E-state index in [2.05, 4.69) is 0 Å². The maximum atomic E-state index is 9.95. The highest BCUT2D eigenvalue weighted by atomic mass is 35.5. The lowest BCUT2D eigenvalue weighted by molar-refractivity contribution is 0.0422. The number of halogens is 1. The SMILES string of the molecule is CC(C)(O)C1COc2cccc(Cl)c21. The van der Waals surface area contributed by atoms with Crippen molar-refractivity contribution in [3.8, 4) is 5.75 Å². The summed E-state index contributed by atoms with van der Waals surface area (Å²) in [4.78, 5) is 0. The molecule has 0 radical (unpaired) electrons. The minimum absolute atomic E-state index is 0.0359. The molecule has 3 heteroatoms. The molecule has 1 aliphatic rings. The predicted molar refractivity (Wildman–Crippen MR) is 56.0 cm³/mol. The second kappa shape index (κ2) is 3.14. The molecular weight excluding hydrogens is 200 g/mol. The Balaban J connectivity index is 2.48. The first-order valence-corrected chi connectivity index (χ1v) is 5.01. The van der Waals surface area contributed by atoms with Gasteiger partial charge in [-0.1, -0.05) is 17.7 Å². The summed E-state index contributed by atoms with van der Waals surface area (Å²) >= 11 is 6.08. The summed E-state index contributed by atoms with van der Waals surface area (Å²) in [6.45, 7) is 4.06. The molecule has 14 heavy (non-hydrogen) atoms. The lowest BCUT2D eigenvalue weighted by Crippen LogP contribution is -2.30. The summed E-state index contributed by atoms with van der Waals surface area (Å²) in [5, 5.41) is 10.6. The van der Waals surface area contributed by atoms with Gasteiger partial charge in [0.15, 0.2) is 0 Å². The van der Waals surface area contributed by atoms with E-state index >= 15 is 0 Å². The number of ether oxygens (including phenoxy) is 1. The van der Waals surface area contributed by atoms with Gasteiger partial charge in [-0.05, 0) is 26.0 Å². The first-order chi connectivity index (χ1) is 6.50. The van der Waals surface area contributed by atoms with Crippen LogP contribution in [0.4, 0.5) is 0 Å². The molecule has 0 aromatic heterocycles. The molecular formula is C11H13ClO2. The number of hydrogen-bond acceptors (Lipinski definition) is 2. The molecule has 0 saturated heterocycles. The topological polar surface area (TPSA) is 29.5 Å². The number of benzene rings is 1. The first kappa shape index (κ1) is 9.81. The molecule has 1 heterocycles. The Hall–Kier alpha value is -0.730. The van der Waals surface area contributed by atoms with Crippen LogP contribution in [0.2, 0.25) is 5.02 Å². The molecule has 2 rings (SSSR count). The second-order valence-electron chi connectivity index (χ2n) is 4.17. The first-order valence-electron chi connectivity index (χ1n) is 4.64. The van der Waals surface area contributed by atoms with Crippen molar-refractivity contribution >= 4 is 11.6 Å². The molecule has 0 saturated carbocycles. The third-order valence-electron chi connectivity index (χ3n) is 2.62. The fourth-order valence-corrected chi connectivity index (χ4v) is 2.09. The highest BCUT2D eigenvalue weighted by Crippen LogP contribution is 2.43. The zero-order valence-corrected chi connectivity index (χ0v) is 9.01. The summed E-state index contributed by atoms with van der Waals surface area (Å²) in [6.07, 6.45) is 0. The van der Waals surface area contributed by atoms with Crippen LogP contribution < -0.4 is 4.74 Å². The Morgan fingerprint density at radius 3 is 2.86 bits per heavy atom. The monoisotopic (exact) mass is 212 g/mol. The fourth-order valence-electron chi connectivity index (χ4n) is 1.79. The lowest BCUT2D eigenvalue weighted by atomic mass is 9.86. The van der Waals surface area contributed by atoms with Crippen LogP contribution in [0.1, 0.15) is 25.3 Å². The summed E-state index contributed by atoms with van der Waals surface area (Å²) in [5.41, 5.74) is 0.137. The zero-order chi connectivity index (χ0) is 10.3. The van der Waals surface area contributed by atoms with E-state index in [0.29, 0.717) is 11.6 Å². The molecule has 1 aromatic carbocycles. The summed E-state index contributed by atoms with van der Waals surface area (Å²) < 4.78 is 5.47. The van der Waals surface area contributed by atoms with Gasteiger partial charge in [-0.3, -0.25) is 0 Å². The molecule has 0 amide bonds. The van der Waals surface area contributed by atoms with Crippen LogP contribution >= 0.6 is 11.6 Å². The Morgan fingerprint density at radius 2 is 2.21 bits per heavy atom. The van der Waals surface area contributed by atoms with Crippen molar-refractivity contribution in [2.75, 3.05) is 6.61 Å². The van der Waals surface area contributed by atoms with E-state index in [9.17, 15) is 5.11 Å². The largest absolute Gasteiger partial charge is 0.492 e. The molecule has 1 unspecified atom stereocenters. The van der Waals surface area contributed by atoms with E-state index in [1.165, 1.54) is 0 Å². The van der Waals surface area contributed by atoms with Crippen LogP contribution in [0.5, 0.6) is 5.75 Å². The lowest BCUT2D eigenvalue weighted by Gasteiger charge is -2.24. The Labute approximate surface area is 88.5 Å². The van der Waals surface area contributed by atoms with Crippen LogP contribution in [0, 0.1) is 0 Å². The summed E-state index contributed by atoms with van der Waals surface area (Å²) in [6, 6.07) is 5.56. The third kappa shape index (κ3) is 1.49. The maximum absolute atomic E-state index is 9.95. The normalized spacial score (nSPS) is 20.4. The molecule has 0 fully saturated rings. The number of rotatable bonds is 1. The van der Waals surface area contributed by atoms with Gasteiger partial charge in [-0.15, -0.1) is 0 Å². The van der Waals surface area contributed by atoms with E-state index < -0.39 is 5.60 Å². The molecule has 76 valence electrons. The fraction of sp³-hybridized carbons (Fsp3) is 0.455. The Morgan fingerprint density at radius 1 is 1.50 bits per heavy atom. The van der Waals surface area contributed by atoms with E-state index in [4.69, 9.17) is 16.3 Å². The maximum Gasteiger partial charge on any atom is 0.124 e. The molecule has 0 spiro atoms. The van der Waals surface area contributed by atoms with Gasteiger partial charge >= 0.3 is 0 Å². The van der Waals surface area contributed by atoms with Crippen LogP contribution in [-0.4, -0.2) is 17.3 Å². The minimum atomic E-state index is -0.795. The average Bonchev–Trinajstić information content (AvgIpc) is 2.47. The Bertz CT molecular complexity index is 355. The summed E-state index contributed by atoms with van der Waals surface area (Å²) in [5.74, 6) is 0.760. The van der Waals surface area contributed by atoms with E-state index in [1.54, 1.807) is 13.8 Å². The smallest absolute Gasteiger partial charge is 0.124 e. The molecule has 1 N–H and O–H groups in total. The number of fused-ring (bicyclic) bond motifs is 1. The molecule has 0 bridgehead atoms. The van der Waals surface area contributed by atoms with Gasteiger partial charge in [-0.25, -0.2) is 0 Å². The van der Waals surface area contributed by atoms with Crippen LogP contribution in [0.3, 0.4) is 0 Å². The van der Waals surface area contributed by atoms with E-state index in [0.717, 1.165) is 11.3 Å². The predicted octanol–water partition coefficient (Wildman–Crippen LogP) is 2.59. The van der Waals surface area contributed by atoms with Crippen molar-refractivity contribution in [2.45, 2.75) is 25.4 Å². The molecule has 1 atom stereocenters. The van der Waals surface area contributed by atoms with Crippen molar-refractivity contribution in [1.82, 2.24) is 0 Å². The zero-order valence-electron chi connectivity index (χ0n) is 8.25. The molecule has 2 nitrogen and oxygen atoms in total. The van der Waals surface area contributed by atoms with Crippen molar-refractivity contribution in [2.24, 2.45) is 0 Å². The standard InChI is InChI=1S/C11H13ClO2/c1-11(2,13)7-6-14-9-5-3-4-8(12)10(7)9/h3-5,7,13H,6H2,1-2H3. The van der Waals surface area contributed by atoms with Crippen molar-refractivity contribution < 1.29 is 9.84 Å². The minimum Gasteiger partial charge on any atom is -0.492 e. The average molecular weight is 213 g/mol. The van der Waals surface area contributed by atoms with Crippen LogP contribution in [0.15, 0.2) is 18.2 Å². The number of hydrogen-bond donors (Lipinski definition) is 1. The highest BCUT2D eigenvalue weighted by Gasteiger charge is 2.37. The van der Waals surface area contributed by atoms with Crippen molar-refractivity contribution in [3.63, 3.8) is 0 Å². The van der Waals surface area contributed by atoms with Crippen LogP contribution in [0.25, 0.3) is 0 Å². The highest BCUT2D eigenvalue weighted by molar-refractivity contribution is 6.31. The summed E-state index contributed by atoms with van der Waals surface area (Å²) in [7, 11) is 0. The third-order valence-corrected chi connectivity index (χ3v) is 2.95. The van der Waals surface area contributed by atoms with Gasteiger partial charge in [0.25, 0.3) is 0 Å². The van der Waals surface area contributed by atoms with Crippen molar-refractivity contribution in [3.05, 3.63) is 28.8 Å². The van der Waals surface area contributed by atoms with Gasteiger partial charge in [-0.2, -0.15) is 0 Å². The van der Waals surface area contributed by atoms with Crippen LogP contribution in [-0.2, 0) is 0 Å². The van der Waals surface area contributed by atoms with Gasteiger partial charge in [0, 0.05) is 10.6 Å². The Kier molecular flexibility index (Phi) is 2.20. The number of aliphatic hydroxyl groups is 1. The van der Waals surface area contributed by atoms with E-state index in [-0.39, 0.29) is 5.92 Å². The van der Waals surface area contributed by atoms with Gasteiger partial charge < -0.3 is 9.84 Å². The molecule has 1 aliphatic heterocycles. The van der Waals surface area contributed by atoms with Gasteiger partial charge in [0.2, 0.25) is 0 Å².